The number of nitrogens with one attached hydrogen (secondary N) is 1. The molecule has 1 atom stereocenters. The summed E-state index contributed by atoms with van der Waals surface area (Å²) >= 11 is 0. The van der Waals surface area contributed by atoms with E-state index in [9.17, 15) is 0 Å². The Balaban J connectivity index is 2.75. The van der Waals surface area contributed by atoms with Crippen molar-refractivity contribution in [3.63, 3.8) is 0 Å². The lowest BCUT2D eigenvalue weighted by molar-refractivity contribution is 0.404. The van der Waals surface area contributed by atoms with E-state index in [-0.39, 0.29) is 0 Å². The maximum Gasteiger partial charge on any atom is 0.250 e. The SMILES string of the molecule is CO[Si]1([Si](C)(C)C)CCCN1. The van der Waals surface area contributed by atoms with E-state index >= 15 is 0 Å². The smallest absolute Gasteiger partial charge is 0.250 e. The lowest BCUT2D eigenvalue weighted by Gasteiger charge is -2.35. The maximum atomic E-state index is 5.75. The van der Waals surface area contributed by atoms with Crippen molar-refractivity contribution in [1.29, 1.82) is 0 Å². The molecule has 1 saturated heterocycles. The van der Waals surface area contributed by atoms with Crippen LogP contribution >= 0.6 is 0 Å². The van der Waals surface area contributed by atoms with Crippen LogP contribution in [0.5, 0.6) is 0 Å². The van der Waals surface area contributed by atoms with Crippen molar-refractivity contribution in [1.82, 2.24) is 4.98 Å². The van der Waals surface area contributed by atoms with Gasteiger partial charge in [0.15, 0.2) is 0 Å². The highest BCUT2D eigenvalue weighted by Gasteiger charge is 2.49. The van der Waals surface area contributed by atoms with Crippen molar-refractivity contribution < 1.29 is 4.43 Å². The first-order valence-electron chi connectivity index (χ1n) is 4.32. The van der Waals surface area contributed by atoms with Crippen LogP contribution < -0.4 is 4.98 Å². The van der Waals surface area contributed by atoms with Gasteiger partial charge in [0, 0.05) is 7.11 Å². The highest BCUT2D eigenvalue weighted by molar-refractivity contribution is 7.37. The van der Waals surface area contributed by atoms with E-state index in [1.54, 1.807) is 0 Å². The largest absolute Gasteiger partial charge is 0.409 e. The van der Waals surface area contributed by atoms with Crippen LogP contribution in [0.1, 0.15) is 6.42 Å². The summed E-state index contributed by atoms with van der Waals surface area (Å²) in [5, 5.41) is 0. The molecule has 1 aliphatic rings. The van der Waals surface area contributed by atoms with Gasteiger partial charge in [-0.2, -0.15) is 0 Å². The van der Waals surface area contributed by atoms with Crippen LogP contribution in [0.25, 0.3) is 0 Å². The molecule has 1 N–H and O–H groups in total. The van der Waals surface area contributed by atoms with Crippen molar-refractivity contribution in [2.24, 2.45) is 0 Å². The third-order valence-corrected chi connectivity index (χ3v) is 16.8. The zero-order chi connectivity index (χ0) is 8.54. The lowest BCUT2D eigenvalue weighted by Crippen LogP contribution is -2.65. The minimum Gasteiger partial charge on any atom is -0.409 e. The van der Waals surface area contributed by atoms with Crippen LogP contribution in [-0.4, -0.2) is 29.2 Å². The average molecular weight is 189 g/mol. The molecule has 1 rings (SSSR count). The lowest BCUT2D eigenvalue weighted by atomic mass is 10.5. The molecule has 0 spiro atoms. The van der Waals surface area contributed by atoms with Gasteiger partial charge in [-0.1, -0.05) is 19.6 Å². The zero-order valence-corrected chi connectivity index (χ0v) is 10.0. The normalized spacial score (nSPS) is 32.7. The predicted octanol–water partition coefficient (Wildman–Crippen LogP) is 1.48. The van der Waals surface area contributed by atoms with Gasteiger partial charge in [0.1, 0.15) is 0 Å². The van der Waals surface area contributed by atoms with Gasteiger partial charge in [0.2, 0.25) is 8.00 Å². The highest BCUT2D eigenvalue weighted by Crippen LogP contribution is 2.26. The Morgan fingerprint density at radius 3 is 2.18 bits per heavy atom. The van der Waals surface area contributed by atoms with Crippen molar-refractivity contribution >= 4 is 15.6 Å². The number of hydrogen-bond acceptors (Lipinski definition) is 2. The van der Waals surface area contributed by atoms with Gasteiger partial charge < -0.3 is 9.41 Å². The topological polar surface area (TPSA) is 21.3 Å². The third-order valence-electron chi connectivity index (χ3n) is 2.68. The maximum absolute atomic E-state index is 5.75. The minimum absolute atomic E-state index is 1.07. The third kappa shape index (κ3) is 1.58. The first-order chi connectivity index (χ1) is 5.02. The Bertz CT molecular complexity index is 138. The molecular weight excluding hydrogens is 170 g/mol. The molecule has 2 nitrogen and oxygen atoms in total. The van der Waals surface area contributed by atoms with E-state index in [4.69, 9.17) is 4.43 Å². The fraction of sp³-hybridized carbons (Fsp3) is 1.00. The molecule has 1 aliphatic heterocycles. The molecule has 0 aromatic rings. The Kier molecular flexibility index (Phi) is 2.58. The summed E-state index contributed by atoms with van der Waals surface area (Å²) in [7, 11) is -0.596. The van der Waals surface area contributed by atoms with Gasteiger partial charge in [-0.15, -0.1) is 0 Å². The first kappa shape index (κ1) is 9.44. The monoisotopic (exact) mass is 189 g/mol. The van der Waals surface area contributed by atoms with E-state index in [1.165, 1.54) is 19.0 Å². The second kappa shape index (κ2) is 3.01. The molecule has 1 unspecified atom stereocenters. The van der Waals surface area contributed by atoms with Crippen LogP contribution in [0.2, 0.25) is 25.7 Å². The molecule has 0 amide bonds. The van der Waals surface area contributed by atoms with Crippen LogP contribution in [-0.2, 0) is 4.43 Å². The van der Waals surface area contributed by atoms with Crippen LogP contribution in [0.4, 0.5) is 0 Å². The second-order valence-electron chi connectivity index (χ2n) is 4.31. The molecule has 4 heteroatoms. The average Bonchev–Trinajstić information content (AvgIpc) is 2.33. The molecule has 66 valence electrons. The van der Waals surface area contributed by atoms with E-state index in [0.29, 0.717) is 0 Å². The van der Waals surface area contributed by atoms with Crippen molar-refractivity contribution in [3.05, 3.63) is 0 Å². The zero-order valence-electron chi connectivity index (χ0n) is 8.03. The van der Waals surface area contributed by atoms with Crippen LogP contribution in [0.3, 0.4) is 0 Å². The fourth-order valence-corrected chi connectivity index (χ4v) is 12.1. The Morgan fingerprint density at radius 2 is 2.00 bits per heavy atom. The van der Waals surface area contributed by atoms with Crippen molar-refractivity contribution in [3.8, 4) is 0 Å². The molecular formula is C7H19NOSi2. The van der Waals surface area contributed by atoms with Crippen LogP contribution in [0, 0.1) is 0 Å². The molecule has 0 bridgehead atoms. The Labute approximate surface area is 71.3 Å². The Morgan fingerprint density at radius 1 is 1.36 bits per heavy atom. The molecule has 0 aliphatic carbocycles. The summed E-state index contributed by atoms with van der Waals surface area (Å²) in [5.74, 6) is 0. The van der Waals surface area contributed by atoms with Gasteiger partial charge in [-0.3, -0.25) is 0 Å². The first-order valence-corrected chi connectivity index (χ1v) is 10.9. The molecule has 0 aromatic heterocycles. The van der Waals surface area contributed by atoms with Gasteiger partial charge in [-0.25, -0.2) is 0 Å². The van der Waals surface area contributed by atoms with Gasteiger partial charge in [0.25, 0.3) is 0 Å². The highest BCUT2D eigenvalue weighted by atomic mass is 29.3. The van der Waals surface area contributed by atoms with Crippen molar-refractivity contribution in [2.45, 2.75) is 32.1 Å². The molecule has 0 aromatic carbocycles. The van der Waals surface area contributed by atoms with Crippen molar-refractivity contribution in [2.75, 3.05) is 13.7 Å². The van der Waals surface area contributed by atoms with E-state index < -0.39 is 15.6 Å². The molecule has 1 heterocycles. The quantitative estimate of drug-likeness (QED) is 0.665. The predicted molar refractivity (Wildman–Crippen MR) is 53.5 cm³/mol. The van der Waals surface area contributed by atoms with Gasteiger partial charge in [0.05, 0.1) is 7.59 Å². The molecule has 1 fully saturated rings. The molecule has 0 saturated carbocycles. The van der Waals surface area contributed by atoms with Crippen LogP contribution in [0.15, 0.2) is 0 Å². The molecule has 0 radical (unpaired) electrons. The summed E-state index contributed by atoms with van der Waals surface area (Å²) in [6, 6.07) is 1.33. The summed E-state index contributed by atoms with van der Waals surface area (Å²) < 4.78 is 5.75. The Hall–Kier alpha value is 0.354. The van der Waals surface area contributed by atoms with Gasteiger partial charge >= 0.3 is 0 Å². The van der Waals surface area contributed by atoms with Gasteiger partial charge in [-0.05, 0) is 19.0 Å². The molecule has 11 heavy (non-hydrogen) atoms. The summed E-state index contributed by atoms with van der Waals surface area (Å²) in [6.45, 7) is 8.44. The standard InChI is InChI=1S/C7H19NOSi2/c1-9-11(10(2,3)4)7-5-6-8-11/h8H,5-7H2,1-4H3. The summed E-state index contributed by atoms with van der Waals surface area (Å²) in [6.07, 6.45) is 1.32. The fourth-order valence-electron chi connectivity index (χ4n) is 1.84. The van der Waals surface area contributed by atoms with E-state index in [1.807, 2.05) is 7.11 Å². The van der Waals surface area contributed by atoms with E-state index in [0.717, 1.165) is 0 Å². The summed E-state index contributed by atoms with van der Waals surface area (Å²) in [4.78, 5) is 3.64. The van der Waals surface area contributed by atoms with E-state index in [2.05, 4.69) is 24.6 Å². The minimum atomic E-state index is -1.42. The number of hydrogen-bond donors (Lipinski definition) is 1. The summed E-state index contributed by atoms with van der Waals surface area (Å²) in [5.41, 5.74) is 0. The number of rotatable bonds is 2. The second-order valence-corrected chi connectivity index (χ2v) is 18.7.